The topological polar surface area (TPSA) is 19.7 Å². The fraction of sp³-hybridized carbons (Fsp3) is 0. The average Bonchev–Trinajstić information content (AvgIpc) is 1.63. The molecule has 0 spiro atoms. The maximum Gasteiger partial charge on any atom is 0.0541 e. The molecule has 136 heavy (non-hydrogen) atoms. The third kappa shape index (κ3) is 13.0. The highest BCUT2D eigenvalue weighted by Gasteiger charge is 2.23. The van der Waals surface area contributed by atoms with Gasteiger partial charge in [0.15, 0.2) is 0 Å². The first kappa shape index (κ1) is 77.9. The minimum atomic E-state index is 1.15. The van der Waals surface area contributed by atoms with Crippen molar-refractivity contribution in [1.29, 1.82) is 0 Å². The molecule has 4 heteroatoms. The van der Waals surface area contributed by atoms with E-state index >= 15 is 0 Å². The van der Waals surface area contributed by atoms with Crippen molar-refractivity contribution in [3.63, 3.8) is 0 Å². The van der Waals surface area contributed by atoms with Crippen LogP contribution in [0.2, 0.25) is 0 Å². The second-order valence-corrected chi connectivity index (χ2v) is 36.1. The Morgan fingerprint density at radius 2 is 0.353 bits per heavy atom. The SMILES string of the molecule is c1ccc(-c2ccc(-c3ccc(-n4c5ccccc5c5cc(-c6ccc7c(c6)c6ccccc6n7-c6ccc(-c7cc8ccc9ccccc9c8c8ccccc78)cc6)ccc54)cc3)cc2)cc1.c1ccc(-c2ccc(-c3ccc(-n4c5ccccc5c5cc(-c6ccc7c(c6)c6ccccc6n7-c6cccc(-c7ccc8c9ccccc9c9ccccc9c8c7)c6)ccc54)cc3)cc2)cc1. The predicted octanol–water partition coefficient (Wildman–Crippen LogP) is 36.0. The van der Waals surface area contributed by atoms with E-state index in [1.807, 2.05) is 0 Å². The van der Waals surface area contributed by atoms with E-state index in [-0.39, 0.29) is 0 Å². The Bertz CT molecular complexity index is 9640. The molecular weight excluding hydrogens is 1640 g/mol. The van der Waals surface area contributed by atoms with E-state index in [2.05, 4.69) is 528 Å². The molecule has 4 heterocycles. The van der Waals surface area contributed by atoms with Crippen LogP contribution in [0.3, 0.4) is 0 Å². The summed E-state index contributed by atoms with van der Waals surface area (Å²) >= 11 is 0. The molecule has 0 atom stereocenters. The third-order valence-electron chi connectivity index (χ3n) is 28.6. The lowest BCUT2D eigenvalue weighted by atomic mass is 9.91. The van der Waals surface area contributed by atoms with Crippen LogP contribution in [0.15, 0.2) is 510 Å². The van der Waals surface area contributed by atoms with Crippen LogP contribution in [0.5, 0.6) is 0 Å². The van der Waals surface area contributed by atoms with Crippen molar-refractivity contribution >= 4 is 152 Å². The third-order valence-corrected chi connectivity index (χ3v) is 28.6. The Morgan fingerprint density at radius 1 is 0.103 bits per heavy atom. The van der Waals surface area contributed by atoms with Crippen molar-refractivity contribution in [2.75, 3.05) is 0 Å². The van der Waals surface area contributed by atoms with Crippen molar-refractivity contribution in [3.8, 4) is 112 Å². The van der Waals surface area contributed by atoms with Crippen molar-refractivity contribution < 1.29 is 0 Å². The largest absolute Gasteiger partial charge is 0.309 e. The summed E-state index contributed by atoms with van der Waals surface area (Å²) in [7, 11) is 0. The Morgan fingerprint density at radius 3 is 0.750 bits per heavy atom. The fourth-order valence-electron chi connectivity index (χ4n) is 22.1. The number of benzene rings is 24. The lowest BCUT2D eigenvalue weighted by Gasteiger charge is -2.14. The lowest BCUT2D eigenvalue weighted by Crippen LogP contribution is -1.94. The molecule has 632 valence electrons. The first-order valence-electron chi connectivity index (χ1n) is 47.0. The van der Waals surface area contributed by atoms with Crippen LogP contribution in [0.1, 0.15) is 0 Å². The first-order chi connectivity index (χ1) is 67.4. The quantitative estimate of drug-likeness (QED) is 0.109. The summed E-state index contributed by atoms with van der Waals surface area (Å²) in [6.07, 6.45) is 0. The van der Waals surface area contributed by atoms with Gasteiger partial charge in [-0.1, -0.05) is 376 Å². The molecule has 28 aromatic rings. The zero-order valence-corrected chi connectivity index (χ0v) is 74.3. The molecule has 0 saturated carbocycles. The molecule has 4 aromatic heterocycles. The standard InChI is InChI=1S/2C66H42N2/c1-2-13-43(14-3-1)44-25-27-45(28-26-44)46-29-34-51(35-30-46)67-63-23-10-8-21-58(63)61-41-49(32-37-65(61)67)50-33-38-66-62(42-50)59-22-9-11-24-64(59)68(66)52-16-12-15-47(39-52)48-31-36-57-55-19-5-4-17-53(55)54-18-6-7-20-56(54)60(57)40-48;1-2-12-43(13-3-1)44-22-24-45(25-23-44)46-28-34-52(35-29-46)67-62-20-10-8-17-56(62)60-40-49(32-38-64(60)67)50-33-39-65-61(41-50)57-18-9-11-21-63(57)68(65)53-36-30-48(31-37-53)59-42-51-27-26-47-14-4-5-15-54(47)66(51)58-19-7-6-16-55(58)59/h2*1-42H. The molecule has 4 nitrogen and oxygen atoms in total. The van der Waals surface area contributed by atoms with Gasteiger partial charge in [0.1, 0.15) is 0 Å². The smallest absolute Gasteiger partial charge is 0.0541 e. The van der Waals surface area contributed by atoms with E-state index in [0.29, 0.717) is 0 Å². The van der Waals surface area contributed by atoms with E-state index in [4.69, 9.17) is 0 Å². The van der Waals surface area contributed by atoms with Crippen LogP contribution in [0, 0.1) is 0 Å². The number of para-hydroxylation sites is 4. The maximum absolute atomic E-state index is 2.43. The fourth-order valence-corrected chi connectivity index (χ4v) is 22.1. The second-order valence-electron chi connectivity index (χ2n) is 36.1. The molecule has 0 fully saturated rings. The molecule has 0 bridgehead atoms. The van der Waals surface area contributed by atoms with Crippen LogP contribution in [0.25, 0.3) is 264 Å². The zero-order chi connectivity index (χ0) is 89.4. The van der Waals surface area contributed by atoms with Crippen molar-refractivity contribution in [3.05, 3.63) is 510 Å². The van der Waals surface area contributed by atoms with Gasteiger partial charge in [-0.15, -0.1) is 0 Å². The number of nitrogens with zero attached hydrogens (tertiary/aromatic N) is 4. The molecule has 0 unspecified atom stereocenters. The Balaban J connectivity index is 0.000000138. The number of rotatable bonds is 12. The molecule has 28 rings (SSSR count). The molecule has 0 N–H and O–H groups in total. The summed E-state index contributed by atoms with van der Waals surface area (Å²) < 4.78 is 9.67. The van der Waals surface area contributed by atoms with Crippen LogP contribution in [-0.4, -0.2) is 18.3 Å². The minimum Gasteiger partial charge on any atom is -0.309 e. The van der Waals surface area contributed by atoms with Gasteiger partial charge in [0, 0.05) is 65.8 Å². The minimum absolute atomic E-state index is 1.15. The molecule has 0 amide bonds. The monoisotopic (exact) mass is 1720 g/mol. The summed E-state index contributed by atoms with van der Waals surface area (Å²) in [6, 6.07) is 187. The van der Waals surface area contributed by atoms with Crippen LogP contribution >= 0.6 is 0 Å². The molecule has 0 saturated heterocycles. The van der Waals surface area contributed by atoms with Gasteiger partial charge in [0.2, 0.25) is 0 Å². The van der Waals surface area contributed by atoms with Gasteiger partial charge in [-0.05, 0) is 287 Å². The summed E-state index contributed by atoms with van der Waals surface area (Å²) in [4.78, 5) is 0. The Labute approximate surface area is 785 Å². The second kappa shape index (κ2) is 32.0. The van der Waals surface area contributed by atoms with E-state index in [0.717, 1.165) is 22.7 Å². The summed E-state index contributed by atoms with van der Waals surface area (Å²) in [5.41, 5.74) is 33.6. The highest BCUT2D eigenvalue weighted by atomic mass is 15.0. The highest BCUT2D eigenvalue weighted by Crippen LogP contribution is 2.47. The van der Waals surface area contributed by atoms with E-state index in [1.165, 1.54) is 241 Å². The lowest BCUT2D eigenvalue weighted by molar-refractivity contribution is 1.18. The van der Waals surface area contributed by atoms with Crippen molar-refractivity contribution in [2.45, 2.75) is 0 Å². The number of aromatic nitrogens is 4. The molecule has 0 radical (unpaired) electrons. The number of fused-ring (bicyclic) bond motifs is 23. The van der Waals surface area contributed by atoms with Gasteiger partial charge >= 0.3 is 0 Å². The summed E-state index contributed by atoms with van der Waals surface area (Å²) in [5, 5.41) is 25.4. The van der Waals surface area contributed by atoms with Gasteiger partial charge in [-0.25, -0.2) is 0 Å². The average molecular weight is 1730 g/mol. The Hall–Kier alpha value is -18.0. The summed E-state index contributed by atoms with van der Waals surface area (Å²) in [6.45, 7) is 0. The summed E-state index contributed by atoms with van der Waals surface area (Å²) in [5.74, 6) is 0. The zero-order valence-electron chi connectivity index (χ0n) is 74.3. The van der Waals surface area contributed by atoms with Gasteiger partial charge in [-0.3, -0.25) is 0 Å². The van der Waals surface area contributed by atoms with Crippen LogP contribution < -0.4 is 0 Å². The van der Waals surface area contributed by atoms with Crippen molar-refractivity contribution in [2.24, 2.45) is 0 Å². The number of hydrogen-bond donors (Lipinski definition) is 0. The Kier molecular flexibility index (Phi) is 18.3. The van der Waals surface area contributed by atoms with Gasteiger partial charge in [0.25, 0.3) is 0 Å². The van der Waals surface area contributed by atoms with Gasteiger partial charge < -0.3 is 18.3 Å². The molecule has 0 aliphatic carbocycles. The van der Waals surface area contributed by atoms with Gasteiger partial charge in [-0.2, -0.15) is 0 Å². The van der Waals surface area contributed by atoms with E-state index in [1.54, 1.807) is 0 Å². The van der Waals surface area contributed by atoms with Gasteiger partial charge in [0.05, 0.1) is 44.1 Å². The van der Waals surface area contributed by atoms with Crippen LogP contribution in [0.4, 0.5) is 0 Å². The normalized spacial score (nSPS) is 11.8. The van der Waals surface area contributed by atoms with Crippen LogP contribution in [-0.2, 0) is 0 Å². The van der Waals surface area contributed by atoms with Crippen molar-refractivity contribution in [1.82, 2.24) is 18.3 Å². The molecular formula is C132H84N4. The van der Waals surface area contributed by atoms with E-state index in [9.17, 15) is 0 Å². The first-order valence-corrected chi connectivity index (χ1v) is 47.0. The molecule has 0 aliphatic heterocycles. The molecule has 0 aliphatic rings. The predicted molar refractivity (Wildman–Crippen MR) is 579 cm³/mol. The maximum atomic E-state index is 2.43. The highest BCUT2D eigenvalue weighted by molar-refractivity contribution is 6.27. The molecule has 24 aromatic carbocycles. The van der Waals surface area contributed by atoms with E-state index < -0.39 is 0 Å². The number of hydrogen-bond acceptors (Lipinski definition) is 0.